The predicted octanol–water partition coefficient (Wildman–Crippen LogP) is 3.98. The summed E-state index contributed by atoms with van der Waals surface area (Å²) in [6.45, 7) is 2.19. The summed E-state index contributed by atoms with van der Waals surface area (Å²) < 4.78 is 13.2. The fourth-order valence-corrected chi connectivity index (χ4v) is 2.97. The highest BCUT2D eigenvalue weighted by Gasteiger charge is 2.25. The molecule has 0 aliphatic carbocycles. The third-order valence-electron chi connectivity index (χ3n) is 3.98. The molecule has 1 fully saturated rings. The van der Waals surface area contributed by atoms with Gasteiger partial charge >= 0.3 is 0 Å². The predicted molar refractivity (Wildman–Crippen MR) is 82.7 cm³/mol. The second kappa shape index (κ2) is 8.60. The van der Waals surface area contributed by atoms with Crippen LogP contribution in [0.5, 0.6) is 0 Å². The van der Waals surface area contributed by atoms with Crippen LogP contribution in [0.1, 0.15) is 57.1 Å². The van der Waals surface area contributed by atoms with Crippen molar-refractivity contribution in [3.63, 3.8) is 0 Å². The van der Waals surface area contributed by atoms with Crippen molar-refractivity contribution in [2.45, 2.75) is 63.6 Å². The van der Waals surface area contributed by atoms with Crippen LogP contribution in [-0.4, -0.2) is 17.2 Å². The van der Waals surface area contributed by atoms with Gasteiger partial charge in [-0.05, 0) is 37.0 Å². The quantitative estimate of drug-likeness (QED) is 0.881. The Bertz CT molecular complexity index is 402. The number of rotatable bonds is 4. The summed E-state index contributed by atoms with van der Waals surface area (Å²) in [6.07, 6.45) is 6.16. The fraction of sp³-hybridized carbons (Fsp3) is 0.625. The monoisotopic (exact) mass is 301 g/mol. The molecule has 0 bridgehead atoms. The molecule has 2 N–H and O–H groups in total. The van der Waals surface area contributed by atoms with Crippen LogP contribution in [0.2, 0.25) is 0 Å². The normalized spacial score (nSPS) is 24.6. The molecule has 0 saturated carbocycles. The minimum Gasteiger partial charge on any atom is -0.387 e. The SMILES string of the molecule is CCC[C@@H]1CCCC[C@H]([C@H](O)c2cccc(F)c2)N1.Cl. The number of hydrogen-bond acceptors (Lipinski definition) is 2. The molecule has 2 nitrogen and oxygen atoms in total. The molecular weight excluding hydrogens is 277 g/mol. The van der Waals surface area contributed by atoms with E-state index in [1.165, 1.54) is 25.0 Å². The molecule has 0 aromatic heterocycles. The molecule has 1 heterocycles. The highest BCUT2D eigenvalue weighted by molar-refractivity contribution is 5.85. The summed E-state index contributed by atoms with van der Waals surface area (Å²) in [7, 11) is 0. The van der Waals surface area contributed by atoms with Gasteiger partial charge in [0, 0.05) is 12.1 Å². The van der Waals surface area contributed by atoms with Gasteiger partial charge in [-0.25, -0.2) is 4.39 Å². The van der Waals surface area contributed by atoms with Crippen LogP contribution in [0.3, 0.4) is 0 Å². The molecule has 1 saturated heterocycles. The topological polar surface area (TPSA) is 32.3 Å². The average Bonchev–Trinajstić information content (AvgIpc) is 2.64. The minimum absolute atomic E-state index is 0. The van der Waals surface area contributed by atoms with Gasteiger partial charge in [-0.3, -0.25) is 0 Å². The number of benzene rings is 1. The molecule has 0 amide bonds. The average molecular weight is 302 g/mol. The van der Waals surface area contributed by atoms with Gasteiger partial charge in [0.25, 0.3) is 0 Å². The van der Waals surface area contributed by atoms with Crippen molar-refractivity contribution in [2.24, 2.45) is 0 Å². The molecule has 1 aromatic rings. The van der Waals surface area contributed by atoms with Crippen LogP contribution >= 0.6 is 12.4 Å². The molecule has 20 heavy (non-hydrogen) atoms. The van der Waals surface area contributed by atoms with E-state index in [0.717, 1.165) is 25.7 Å². The first-order valence-corrected chi connectivity index (χ1v) is 7.40. The van der Waals surface area contributed by atoms with Crippen LogP contribution in [0.4, 0.5) is 4.39 Å². The van der Waals surface area contributed by atoms with Crippen molar-refractivity contribution in [3.05, 3.63) is 35.6 Å². The van der Waals surface area contributed by atoms with E-state index in [1.54, 1.807) is 12.1 Å². The van der Waals surface area contributed by atoms with Crippen LogP contribution in [-0.2, 0) is 0 Å². The molecule has 3 atom stereocenters. The van der Waals surface area contributed by atoms with E-state index in [9.17, 15) is 9.50 Å². The third-order valence-corrected chi connectivity index (χ3v) is 3.98. The fourth-order valence-electron chi connectivity index (χ4n) is 2.97. The van der Waals surface area contributed by atoms with E-state index >= 15 is 0 Å². The molecule has 2 rings (SSSR count). The highest BCUT2D eigenvalue weighted by atomic mass is 35.5. The molecule has 1 aliphatic heterocycles. The molecule has 0 spiro atoms. The van der Waals surface area contributed by atoms with E-state index in [4.69, 9.17) is 0 Å². The van der Waals surface area contributed by atoms with Crippen LogP contribution in [0.25, 0.3) is 0 Å². The summed E-state index contributed by atoms with van der Waals surface area (Å²) in [6, 6.07) is 6.84. The molecule has 4 heteroatoms. The van der Waals surface area contributed by atoms with E-state index in [-0.39, 0.29) is 24.3 Å². The lowest BCUT2D eigenvalue weighted by Crippen LogP contribution is -2.40. The first-order chi connectivity index (χ1) is 9.20. The summed E-state index contributed by atoms with van der Waals surface area (Å²) in [5.74, 6) is -0.282. The maximum atomic E-state index is 13.2. The van der Waals surface area contributed by atoms with Gasteiger partial charge in [-0.2, -0.15) is 0 Å². The Morgan fingerprint density at radius 1 is 1.35 bits per heavy atom. The Hall–Kier alpha value is -0.640. The van der Waals surface area contributed by atoms with Crippen molar-refractivity contribution < 1.29 is 9.50 Å². The Labute approximate surface area is 127 Å². The van der Waals surface area contributed by atoms with Crippen molar-refractivity contribution in [1.82, 2.24) is 5.32 Å². The van der Waals surface area contributed by atoms with E-state index in [1.807, 2.05) is 0 Å². The van der Waals surface area contributed by atoms with Crippen LogP contribution in [0, 0.1) is 5.82 Å². The van der Waals surface area contributed by atoms with Gasteiger partial charge < -0.3 is 10.4 Å². The molecular formula is C16H25ClFNO. The first-order valence-electron chi connectivity index (χ1n) is 7.40. The van der Waals surface area contributed by atoms with E-state index in [2.05, 4.69) is 12.2 Å². The van der Waals surface area contributed by atoms with Crippen molar-refractivity contribution >= 4 is 12.4 Å². The smallest absolute Gasteiger partial charge is 0.123 e. The lowest BCUT2D eigenvalue weighted by molar-refractivity contribution is 0.119. The van der Waals surface area contributed by atoms with Crippen molar-refractivity contribution in [2.75, 3.05) is 0 Å². The van der Waals surface area contributed by atoms with Gasteiger partial charge in [0.15, 0.2) is 0 Å². The largest absolute Gasteiger partial charge is 0.387 e. The molecule has 114 valence electrons. The number of aliphatic hydroxyl groups is 1. The zero-order chi connectivity index (χ0) is 13.7. The van der Waals surface area contributed by atoms with Gasteiger partial charge in [0.05, 0.1) is 6.10 Å². The van der Waals surface area contributed by atoms with Crippen molar-refractivity contribution in [1.29, 1.82) is 0 Å². The molecule has 1 aliphatic rings. The number of aliphatic hydroxyl groups excluding tert-OH is 1. The van der Waals surface area contributed by atoms with Crippen LogP contribution < -0.4 is 5.32 Å². The Kier molecular flexibility index (Phi) is 7.49. The lowest BCUT2D eigenvalue weighted by Gasteiger charge is -2.27. The zero-order valence-electron chi connectivity index (χ0n) is 12.0. The first kappa shape index (κ1) is 17.4. The summed E-state index contributed by atoms with van der Waals surface area (Å²) in [5, 5.41) is 14.0. The summed E-state index contributed by atoms with van der Waals surface area (Å²) in [5.41, 5.74) is 0.676. The molecule has 0 radical (unpaired) electrons. The molecule has 1 aromatic carbocycles. The standard InChI is InChI=1S/C16H24FNO.ClH/c1-2-6-14-9-3-4-10-15(18-14)16(19)12-7-5-8-13(17)11-12;/h5,7-8,11,14-16,18-19H,2-4,6,9-10H2,1H3;1H/t14-,15-,16-;/m1./s1. The van der Waals surface area contributed by atoms with Gasteiger partial charge in [-0.15, -0.1) is 12.4 Å². The van der Waals surface area contributed by atoms with Crippen LogP contribution in [0.15, 0.2) is 24.3 Å². The number of hydrogen-bond donors (Lipinski definition) is 2. The Morgan fingerprint density at radius 3 is 2.80 bits per heavy atom. The maximum absolute atomic E-state index is 13.2. The Balaban J connectivity index is 0.00000200. The summed E-state index contributed by atoms with van der Waals surface area (Å²) in [4.78, 5) is 0. The summed E-state index contributed by atoms with van der Waals surface area (Å²) >= 11 is 0. The zero-order valence-corrected chi connectivity index (χ0v) is 12.8. The second-order valence-electron chi connectivity index (χ2n) is 5.54. The minimum atomic E-state index is -0.617. The van der Waals surface area contributed by atoms with E-state index < -0.39 is 6.10 Å². The van der Waals surface area contributed by atoms with Gasteiger partial charge in [0.2, 0.25) is 0 Å². The molecule has 0 unspecified atom stereocenters. The number of halogens is 2. The van der Waals surface area contributed by atoms with Crippen molar-refractivity contribution in [3.8, 4) is 0 Å². The lowest BCUT2D eigenvalue weighted by atomic mass is 9.98. The third kappa shape index (κ3) is 4.72. The maximum Gasteiger partial charge on any atom is 0.123 e. The Morgan fingerprint density at radius 2 is 2.10 bits per heavy atom. The van der Waals surface area contributed by atoms with Gasteiger partial charge in [0.1, 0.15) is 5.82 Å². The second-order valence-corrected chi connectivity index (χ2v) is 5.54. The van der Waals surface area contributed by atoms with E-state index in [0.29, 0.717) is 11.6 Å². The highest BCUT2D eigenvalue weighted by Crippen LogP contribution is 2.25. The number of nitrogens with one attached hydrogen (secondary N) is 1. The van der Waals surface area contributed by atoms with Gasteiger partial charge in [-0.1, -0.05) is 38.3 Å².